The van der Waals surface area contributed by atoms with Crippen LogP contribution in [0.5, 0.6) is 17.2 Å². The quantitative estimate of drug-likeness (QED) is 0.480. The highest BCUT2D eigenvalue weighted by molar-refractivity contribution is 5.79. The summed E-state index contributed by atoms with van der Waals surface area (Å²) in [6, 6.07) is 12.3. The smallest absolute Gasteiger partial charge is 0.347 e. The largest absolute Gasteiger partial charge is 0.479 e. The molecule has 1 unspecified atom stereocenters. The van der Waals surface area contributed by atoms with Gasteiger partial charge in [0, 0.05) is 6.07 Å². The van der Waals surface area contributed by atoms with Crippen LogP contribution in [0.2, 0.25) is 0 Å². The second-order valence-corrected chi connectivity index (χ2v) is 7.47. The summed E-state index contributed by atoms with van der Waals surface area (Å²) in [5.41, 5.74) is 1.24. The van der Waals surface area contributed by atoms with E-state index in [0.717, 1.165) is 6.42 Å². The molecular weight excluding hydrogens is 384 g/mol. The van der Waals surface area contributed by atoms with Gasteiger partial charge in [0.05, 0.1) is 12.0 Å². The molecule has 0 aliphatic carbocycles. The lowest BCUT2D eigenvalue weighted by Crippen LogP contribution is -2.27. The standard InChI is InChI=1S/C24H26O6/c1-5-17-6-8-18(9-7-17)30-22-14-27-21-12-19(10-11-20(21)23(22)25)29-16(4)24(26)28-13-15(2)3/h6-12,14-16H,5,13H2,1-4H3. The topological polar surface area (TPSA) is 75.0 Å². The molecule has 0 fully saturated rings. The Hall–Kier alpha value is -3.28. The highest BCUT2D eigenvalue weighted by Crippen LogP contribution is 2.25. The van der Waals surface area contributed by atoms with Crippen molar-refractivity contribution in [2.75, 3.05) is 6.61 Å². The van der Waals surface area contributed by atoms with Crippen molar-refractivity contribution in [2.24, 2.45) is 5.92 Å². The molecule has 0 saturated heterocycles. The first-order chi connectivity index (χ1) is 14.4. The van der Waals surface area contributed by atoms with Gasteiger partial charge in [0.1, 0.15) is 23.3 Å². The zero-order chi connectivity index (χ0) is 21.7. The van der Waals surface area contributed by atoms with Crippen molar-refractivity contribution in [3.63, 3.8) is 0 Å². The molecule has 2 aromatic carbocycles. The van der Waals surface area contributed by atoms with E-state index < -0.39 is 12.1 Å². The number of hydrogen-bond donors (Lipinski definition) is 0. The summed E-state index contributed by atoms with van der Waals surface area (Å²) < 4.78 is 22.1. The number of aryl methyl sites for hydroxylation is 1. The molecule has 1 aromatic heterocycles. The Morgan fingerprint density at radius 2 is 1.73 bits per heavy atom. The fraction of sp³-hybridized carbons (Fsp3) is 0.333. The zero-order valence-electron chi connectivity index (χ0n) is 17.6. The maximum Gasteiger partial charge on any atom is 0.347 e. The van der Waals surface area contributed by atoms with Crippen LogP contribution in [-0.2, 0) is 16.0 Å². The van der Waals surface area contributed by atoms with Crippen molar-refractivity contribution < 1.29 is 23.4 Å². The molecule has 0 N–H and O–H groups in total. The first kappa shape index (κ1) is 21.4. The molecule has 3 rings (SSSR count). The van der Waals surface area contributed by atoms with E-state index in [2.05, 4.69) is 6.92 Å². The maximum absolute atomic E-state index is 12.7. The molecule has 0 saturated carbocycles. The number of hydrogen-bond acceptors (Lipinski definition) is 6. The zero-order valence-corrected chi connectivity index (χ0v) is 17.6. The summed E-state index contributed by atoms with van der Waals surface area (Å²) in [6.07, 6.45) is 1.43. The van der Waals surface area contributed by atoms with Crippen LogP contribution in [-0.4, -0.2) is 18.7 Å². The predicted octanol–water partition coefficient (Wildman–Crippen LogP) is 5.11. The van der Waals surface area contributed by atoms with E-state index >= 15 is 0 Å². The highest BCUT2D eigenvalue weighted by atomic mass is 16.6. The molecule has 158 valence electrons. The first-order valence-electron chi connectivity index (χ1n) is 10.0. The van der Waals surface area contributed by atoms with Crippen molar-refractivity contribution in [1.29, 1.82) is 0 Å². The van der Waals surface area contributed by atoms with Gasteiger partial charge >= 0.3 is 5.97 Å². The predicted molar refractivity (Wildman–Crippen MR) is 114 cm³/mol. The molecule has 1 heterocycles. The molecule has 6 heteroatoms. The molecule has 0 spiro atoms. The number of ether oxygens (including phenoxy) is 3. The second-order valence-electron chi connectivity index (χ2n) is 7.47. The van der Waals surface area contributed by atoms with E-state index in [1.807, 2.05) is 38.1 Å². The van der Waals surface area contributed by atoms with Gasteiger partial charge in [-0.05, 0) is 49.1 Å². The fourth-order valence-electron chi connectivity index (χ4n) is 2.77. The van der Waals surface area contributed by atoms with E-state index in [1.54, 1.807) is 25.1 Å². The van der Waals surface area contributed by atoms with E-state index in [9.17, 15) is 9.59 Å². The van der Waals surface area contributed by atoms with Crippen LogP contribution in [0.3, 0.4) is 0 Å². The van der Waals surface area contributed by atoms with Gasteiger partial charge in [0.15, 0.2) is 6.10 Å². The van der Waals surface area contributed by atoms with Crippen LogP contribution in [0, 0.1) is 5.92 Å². The minimum Gasteiger partial charge on any atom is -0.479 e. The van der Waals surface area contributed by atoms with Gasteiger partial charge in [-0.1, -0.05) is 32.9 Å². The summed E-state index contributed by atoms with van der Waals surface area (Å²) >= 11 is 0. The third-order valence-corrected chi connectivity index (χ3v) is 4.48. The molecular formula is C24H26O6. The summed E-state index contributed by atoms with van der Waals surface area (Å²) in [6.45, 7) is 7.94. The molecule has 3 aromatic rings. The van der Waals surface area contributed by atoms with Crippen molar-refractivity contribution in [3.05, 3.63) is 64.5 Å². The molecule has 0 bridgehead atoms. The number of fused-ring (bicyclic) bond motifs is 1. The number of benzene rings is 2. The lowest BCUT2D eigenvalue weighted by molar-refractivity contribution is -0.152. The van der Waals surface area contributed by atoms with Crippen LogP contribution < -0.4 is 14.9 Å². The van der Waals surface area contributed by atoms with Gasteiger partial charge < -0.3 is 18.6 Å². The Labute approximate surface area is 175 Å². The molecule has 0 aliphatic rings. The van der Waals surface area contributed by atoms with Crippen LogP contribution in [0.4, 0.5) is 0 Å². The maximum atomic E-state index is 12.7. The lowest BCUT2D eigenvalue weighted by atomic mass is 10.2. The van der Waals surface area contributed by atoms with E-state index in [1.165, 1.54) is 11.8 Å². The fourth-order valence-corrected chi connectivity index (χ4v) is 2.77. The third kappa shape index (κ3) is 5.20. The lowest BCUT2D eigenvalue weighted by Gasteiger charge is -2.15. The molecule has 30 heavy (non-hydrogen) atoms. The average Bonchev–Trinajstić information content (AvgIpc) is 2.74. The number of carbonyl (C=O) groups excluding carboxylic acids is 1. The van der Waals surface area contributed by atoms with Crippen molar-refractivity contribution in [2.45, 2.75) is 40.2 Å². The van der Waals surface area contributed by atoms with Crippen LogP contribution in [0.1, 0.15) is 33.3 Å². The molecule has 0 aliphatic heterocycles. The number of esters is 1. The van der Waals surface area contributed by atoms with E-state index in [-0.39, 0.29) is 17.1 Å². The summed E-state index contributed by atoms with van der Waals surface area (Å²) in [7, 11) is 0. The summed E-state index contributed by atoms with van der Waals surface area (Å²) in [5, 5.41) is 0.361. The van der Waals surface area contributed by atoms with Gasteiger partial charge in [0.2, 0.25) is 11.2 Å². The number of carbonyl (C=O) groups is 1. The second kappa shape index (κ2) is 9.48. The average molecular weight is 410 g/mol. The monoisotopic (exact) mass is 410 g/mol. The van der Waals surface area contributed by atoms with Gasteiger partial charge in [-0.2, -0.15) is 0 Å². The van der Waals surface area contributed by atoms with E-state index in [0.29, 0.717) is 29.1 Å². The molecule has 0 radical (unpaired) electrons. The summed E-state index contributed by atoms with van der Waals surface area (Å²) in [4.78, 5) is 24.7. The molecule has 1 atom stereocenters. The van der Waals surface area contributed by atoms with Crippen molar-refractivity contribution in [3.8, 4) is 17.2 Å². The van der Waals surface area contributed by atoms with Crippen molar-refractivity contribution in [1.82, 2.24) is 0 Å². The van der Waals surface area contributed by atoms with Gasteiger partial charge in [-0.15, -0.1) is 0 Å². The SMILES string of the molecule is CCc1ccc(Oc2coc3cc(OC(C)C(=O)OCC(C)C)ccc3c2=O)cc1. The van der Waals surface area contributed by atoms with Crippen LogP contribution in [0.25, 0.3) is 11.0 Å². The van der Waals surface area contributed by atoms with Gasteiger partial charge in [-0.25, -0.2) is 4.79 Å². The minimum absolute atomic E-state index is 0.103. The normalized spacial score (nSPS) is 12.0. The Morgan fingerprint density at radius 1 is 1.03 bits per heavy atom. The Bertz CT molecular complexity index is 1070. The minimum atomic E-state index is -0.776. The Kier molecular flexibility index (Phi) is 6.77. The highest BCUT2D eigenvalue weighted by Gasteiger charge is 2.18. The Morgan fingerprint density at radius 3 is 2.40 bits per heavy atom. The van der Waals surface area contributed by atoms with Gasteiger partial charge in [0.25, 0.3) is 0 Å². The molecule has 0 amide bonds. The third-order valence-electron chi connectivity index (χ3n) is 4.48. The van der Waals surface area contributed by atoms with Gasteiger partial charge in [-0.3, -0.25) is 4.79 Å². The van der Waals surface area contributed by atoms with Crippen molar-refractivity contribution >= 4 is 16.9 Å². The van der Waals surface area contributed by atoms with E-state index in [4.69, 9.17) is 18.6 Å². The molecule has 6 nitrogen and oxygen atoms in total. The van der Waals surface area contributed by atoms with Crippen LogP contribution >= 0.6 is 0 Å². The van der Waals surface area contributed by atoms with Crippen LogP contribution in [0.15, 0.2) is 57.9 Å². The Balaban J connectivity index is 1.75. The number of rotatable bonds is 8. The summed E-state index contributed by atoms with van der Waals surface area (Å²) in [5.74, 6) is 0.877. The first-order valence-corrected chi connectivity index (χ1v) is 10.0.